The van der Waals surface area contributed by atoms with Crippen molar-refractivity contribution in [1.29, 1.82) is 5.41 Å². The Morgan fingerprint density at radius 1 is 0.579 bits per heavy atom. The fraction of sp³-hybridized carbons (Fsp3) is 0.533. The number of unbranched alkanes of at least 4 members (excludes halogenated alkanes) is 2. The number of thioether (sulfide) groups is 1. The summed E-state index contributed by atoms with van der Waals surface area (Å²) in [5.74, 6) is -18.9. The molecule has 0 saturated carbocycles. The summed E-state index contributed by atoms with van der Waals surface area (Å²) >= 11 is 0.802. The number of aryl methyl sites for hydroxylation is 1. The molecule has 0 spiro atoms. The van der Waals surface area contributed by atoms with Crippen molar-refractivity contribution < 1.29 is 86.6 Å². The number of amides is 15. The zero-order chi connectivity index (χ0) is 97.4. The van der Waals surface area contributed by atoms with Crippen molar-refractivity contribution in [3.8, 4) is 0 Å². The Labute approximate surface area is 776 Å². The fourth-order valence-electron chi connectivity index (χ4n) is 16.4. The first-order valence-corrected chi connectivity index (χ1v) is 46.2. The van der Waals surface area contributed by atoms with Crippen LogP contribution < -0.4 is 65.1 Å². The summed E-state index contributed by atoms with van der Waals surface area (Å²) in [6.45, 7) is 8.12. The lowest BCUT2D eigenvalue weighted by atomic mass is 9.85. The van der Waals surface area contributed by atoms with Gasteiger partial charge in [-0.1, -0.05) is 120 Å². The molecular formula is C92H130N22O18S. The van der Waals surface area contributed by atoms with E-state index in [1.54, 1.807) is 86.9 Å². The topological polar surface area (TPSA) is 597 Å². The van der Waals surface area contributed by atoms with Crippen molar-refractivity contribution in [3.63, 3.8) is 0 Å². The quantitative estimate of drug-likeness (QED) is 0.0198. The molecule has 0 bridgehead atoms. The van der Waals surface area contributed by atoms with E-state index in [0.717, 1.165) is 32.0 Å². The Morgan fingerprint density at radius 2 is 1.17 bits per heavy atom. The first-order valence-electron chi connectivity index (χ1n) is 45.1. The molecule has 13 atom stereocenters. The Morgan fingerprint density at radius 3 is 1.77 bits per heavy atom. The van der Waals surface area contributed by atoms with Crippen LogP contribution in [-0.4, -0.2) is 295 Å². The number of primary amides is 2. The number of hydrogen-bond acceptors (Lipinski definition) is 21. The van der Waals surface area contributed by atoms with E-state index >= 15 is 24.0 Å². The van der Waals surface area contributed by atoms with Crippen LogP contribution in [0.3, 0.4) is 0 Å². The highest BCUT2D eigenvalue weighted by molar-refractivity contribution is 8.00. The molecule has 722 valence electrons. The van der Waals surface area contributed by atoms with Crippen LogP contribution in [0, 0.1) is 30.1 Å². The van der Waals surface area contributed by atoms with E-state index in [9.17, 15) is 62.6 Å². The number of guanidine groups is 1. The number of carbonyl (C=O) groups is 17. The number of aliphatic hydroxyl groups is 1. The molecular weight excluding hydrogens is 1730 g/mol. The summed E-state index contributed by atoms with van der Waals surface area (Å²) in [6.07, 6.45) is 5.32. The summed E-state index contributed by atoms with van der Waals surface area (Å²) < 4.78 is 0. The van der Waals surface area contributed by atoms with Crippen molar-refractivity contribution in [2.75, 3.05) is 72.5 Å². The zero-order valence-electron chi connectivity index (χ0n) is 77.2. The van der Waals surface area contributed by atoms with Gasteiger partial charge in [0.15, 0.2) is 11.7 Å². The Kier molecular flexibility index (Phi) is 40.4. The number of carbonyl (C=O) groups excluding carboxylic acids is 17. The van der Waals surface area contributed by atoms with Gasteiger partial charge in [-0.15, -0.1) is 11.8 Å². The number of aliphatic hydroxyl groups excluding tert-OH is 1. The number of Topliss-reactive ketones (excluding diaryl/α,β-unsaturated/α-hetero) is 2. The van der Waals surface area contributed by atoms with Gasteiger partial charge in [0, 0.05) is 131 Å². The monoisotopic (exact) mass is 1860 g/mol. The molecule has 2 fully saturated rings. The number of nitrogens with zero attached hydrogens (tertiary/aromatic N) is 6. The maximum atomic E-state index is 15.7. The van der Waals surface area contributed by atoms with Crippen LogP contribution in [-0.2, 0) is 107 Å². The van der Waals surface area contributed by atoms with E-state index < -0.39 is 235 Å². The molecule has 15 amide bonds. The Balaban J connectivity index is 1.18. The van der Waals surface area contributed by atoms with Crippen LogP contribution in [0.2, 0.25) is 0 Å². The van der Waals surface area contributed by atoms with Gasteiger partial charge in [-0.3, -0.25) is 86.9 Å². The summed E-state index contributed by atoms with van der Waals surface area (Å²) in [5.41, 5.74) is 21.2. The molecule has 0 unspecified atom stereocenters. The minimum Gasteiger partial charge on any atom is -0.396 e. The normalized spacial score (nSPS) is 23.5. The molecule has 2 aliphatic heterocycles. The van der Waals surface area contributed by atoms with E-state index in [1.807, 2.05) is 32.9 Å². The van der Waals surface area contributed by atoms with Gasteiger partial charge in [-0.05, 0) is 100.0 Å². The molecule has 3 aromatic carbocycles. The third kappa shape index (κ3) is 30.8. The molecule has 40 nitrogen and oxygen atoms in total. The number of H-pyrrole nitrogens is 3. The number of hydrogen-bond donors (Lipinski definition) is 17. The molecule has 2 aliphatic rings. The minimum atomic E-state index is -1.74. The highest BCUT2D eigenvalue weighted by atomic mass is 32.2. The molecule has 20 N–H and O–H groups in total. The van der Waals surface area contributed by atoms with Gasteiger partial charge in [-0.25, -0.2) is 4.98 Å². The average Bonchev–Trinajstić information content (AvgIpc) is 1.81. The Hall–Kier alpha value is -13.1. The van der Waals surface area contributed by atoms with Gasteiger partial charge in [0.05, 0.1) is 44.1 Å². The molecule has 133 heavy (non-hydrogen) atoms. The van der Waals surface area contributed by atoms with E-state index in [1.165, 1.54) is 57.4 Å². The summed E-state index contributed by atoms with van der Waals surface area (Å²) in [5, 5.41) is 44.6. The zero-order valence-corrected chi connectivity index (χ0v) is 78.0. The second-order valence-corrected chi connectivity index (χ2v) is 35.8. The molecule has 0 aliphatic carbocycles. The summed E-state index contributed by atoms with van der Waals surface area (Å²) in [6, 6.07) is 5.26. The minimum absolute atomic E-state index is 0.00503. The SMILES string of the molecule is CCCC[C@H]1C(=O)N(C)[C@@H](CCCC)C(=O)N[C@@H](CCCNC(=N)N)C(=O)N[C@H](C(=O)NCC(N)=O)CSCC(=O)N[C@@H](Cc2ccc(C)cc2)C(=O)N(C)[C@@H](C)C(=O)N[C@@H](CC(N)=O)C(=O)N2CCC[C@H]2C(=O)N[C@@H](Cc2cnc[nH]2)C(=O)N[C@@H](CC(C)C)C(=O)N(C)CC(=O)C[C@@H](Cc2c[nH]c3ccccc23)C(=O)C[C@@H](CO)C(=O)N[C@@H](Cc2c[nH]c3ccccc23)C(=O)N1C. The van der Waals surface area contributed by atoms with Gasteiger partial charge in [0.2, 0.25) is 88.6 Å². The van der Waals surface area contributed by atoms with Crippen molar-refractivity contribution >= 4 is 140 Å². The molecule has 3 aromatic heterocycles. The molecule has 8 rings (SSSR count). The van der Waals surface area contributed by atoms with Gasteiger partial charge >= 0.3 is 0 Å². The lowest BCUT2D eigenvalue weighted by Gasteiger charge is -2.36. The number of aromatic nitrogens is 4. The maximum absolute atomic E-state index is 15.7. The number of fused-ring (bicyclic) bond motifs is 3. The number of aromatic amines is 3. The van der Waals surface area contributed by atoms with Gasteiger partial charge < -0.3 is 110 Å². The van der Waals surface area contributed by atoms with Gasteiger partial charge in [0.25, 0.3) is 0 Å². The Bertz CT molecular complexity index is 5100. The van der Waals surface area contributed by atoms with E-state index in [0.29, 0.717) is 69.9 Å². The predicted molar refractivity (Wildman–Crippen MR) is 497 cm³/mol. The lowest BCUT2D eigenvalue weighted by Crippen LogP contribution is -2.60. The highest BCUT2D eigenvalue weighted by Crippen LogP contribution is 2.29. The number of ketones is 2. The second-order valence-electron chi connectivity index (χ2n) is 34.8. The summed E-state index contributed by atoms with van der Waals surface area (Å²) in [4.78, 5) is 268. The number of nitrogens with one attached hydrogen (secondary N) is 13. The van der Waals surface area contributed by atoms with Crippen LogP contribution in [0.15, 0.2) is 97.7 Å². The lowest BCUT2D eigenvalue weighted by molar-refractivity contribution is -0.149. The van der Waals surface area contributed by atoms with Crippen molar-refractivity contribution in [2.45, 2.75) is 224 Å². The van der Waals surface area contributed by atoms with Crippen LogP contribution in [0.1, 0.15) is 152 Å². The fourth-order valence-corrected chi connectivity index (χ4v) is 17.2. The highest BCUT2D eigenvalue weighted by Gasteiger charge is 2.44. The number of rotatable bonds is 26. The first kappa shape index (κ1) is 105. The number of likely N-dealkylation sites (N-methyl/N-ethyl adjacent to an activating group) is 4. The third-order valence-electron chi connectivity index (χ3n) is 24.0. The van der Waals surface area contributed by atoms with Crippen molar-refractivity contribution in [1.82, 2.24) is 92.3 Å². The largest absolute Gasteiger partial charge is 0.396 e. The third-order valence-corrected chi connectivity index (χ3v) is 25.0. The van der Waals surface area contributed by atoms with Gasteiger partial charge in [-0.2, -0.15) is 0 Å². The van der Waals surface area contributed by atoms with Crippen molar-refractivity contribution in [2.24, 2.45) is 35.0 Å². The number of benzene rings is 3. The smallest absolute Gasteiger partial charge is 0.246 e. The second kappa shape index (κ2) is 51.1. The standard InChI is InChI=1S/C92H130N22O18S/c1-11-13-26-73-85(126)104-66(25-19-33-98-92(95)96)83(124)109-72(82(123)101-46-78(94)119)49-133-50-79(120)103-69(36-55-31-29-53(5)30-32-55)88(129)111(8)54(6)80(121)106-71(42-77(93)118)90(131)114-34-20-28-74(114)86(127)105-67(41-60-45-97-51-102-60)84(125)108-68(35-52(3)4)87(128)110(7)47-61(116)38-56(37-57-43-99-64-23-17-15-21-62(57)64)76(117)40-59(48-115)81(122)107-70(39-58-44-100-65-24-18-16-22-63(58)65)89(130)113(10)75(27-14-12-2)91(132)112(73)9/h15-18,21-24,29-32,43-45,51-52,54,56,59,66-75,99-100,115H,11-14,19-20,25-28,33-42,46-50H2,1-10H3,(H2,93,118)(H2,94,119)(H,97,102)(H,101,123)(H,103,120)(H,104,126)(H,105,127)(H,106,121)(H,107,122)(H,108,125)(H,109,124)(H4,95,96,98)/t54-,56+,59-,66-,67-,68-,69-,70-,71-,72-,73-,74-,75-/m0/s1. The molecule has 41 heteroatoms. The number of para-hydroxylation sites is 2. The molecule has 6 aromatic rings. The van der Waals surface area contributed by atoms with Gasteiger partial charge in [0.1, 0.15) is 72.2 Å². The number of nitrogens with two attached hydrogens (primary N) is 3. The summed E-state index contributed by atoms with van der Waals surface area (Å²) in [7, 11) is 5.35. The van der Waals surface area contributed by atoms with E-state index in [-0.39, 0.29) is 89.6 Å². The number of imidazole rings is 1. The molecule has 0 radical (unpaired) electrons. The predicted octanol–water partition coefficient (Wildman–Crippen LogP) is 0.352. The first-order chi connectivity index (χ1) is 63.3. The molecule has 2 saturated heterocycles. The van der Waals surface area contributed by atoms with Crippen LogP contribution in [0.4, 0.5) is 0 Å². The average molecular weight is 1860 g/mol. The maximum Gasteiger partial charge on any atom is 0.246 e. The van der Waals surface area contributed by atoms with E-state index in [2.05, 4.69) is 67.8 Å². The van der Waals surface area contributed by atoms with Crippen LogP contribution in [0.25, 0.3) is 21.8 Å². The van der Waals surface area contributed by atoms with Crippen molar-refractivity contribution in [3.05, 3.63) is 126 Å². The van der Waals surface area contributed by atoms with E-state index in [4.69, 9.17) is 22.6 Å². The van der Waals surface area contributed by atoms with Crippen LogP contribution >= 0.6 is 11.8 Å². The molecule has 5 heterocycles. The van der Waals surface area contributed by atoms with Crippen LogP contribution in [0.5, 0.6) is 0 Å².